The fraction of sp³-hybridized carbons (Fsp3) is 0.429. The molecular weight excluding hydrogens is 347 g/mol. The topological polar surface area (TPSA) is 0 Å². The molecule has 1 unspecified atom stereocenters. The third-order valence-electron chi connectivity index (χ3n) is 2.82. The second-order valence-electron chi connectivity index (χ2n) is 3.80. The van der Waals surface area contributed by atoms with Crippen LogP contribution >= 0.6 is 0 Å². The summed E-state index contributed by atoms with van der Waals surface area (Å²) >= 11 is 0. The van der Waals surface area contributed by atoms with Crippen LogP contribution in [0.4, 0.5) is 0 Å². The first-order chi connectivity index (χ1) is 6.63. The fourth-order valence-electron chi connectivity index (χ4n) is 1.50. The van der Waals surface area contributed by atoms with E-state index in [1.54, 1.807) is 0 Å². The van der Waals surface area contributed by atoms with Crippen LogP contribution in [-0.4, -0.2) is 0 Å². The maximum Gasteiger partial charge on any atom is 4.00 e. The SMILES string of the molecule is CC1=[C-]C(C)C(C)=C1C.[C-]1=CC=CC1.[H-].[H-].[Hf+4]. The largest absolute Gasteiger partial charge is 4.00 e. The summed E-state index contributed by atoms with van der Waals surface area (Å²) in [5.41, 5.74) is 4.25. The van der Waals surface area contributed by atoms with Gasteiger partial charge in [0.2, 0.25) is 0 Å². The summed E-state index contributed by atoms with van der Waals surface area (Å²) in [6.07, 6.45) is 13.4. The Morgan fingerprint density at radius 3 is 2.13 bits per heavy atom. The molecule has 0 N–H and O–H groups in total. The van der Waals surface area contributed by atoms with Gasteiger partial charge in [0.15, 0.2) is 0 Å². The van der Waals surface area contributed by atoms with Crippen molar-refractivity contribution < 1.29 is 28.7 Å². The van der Waals surface area contributed by atoms with Crippen LogP contribution in [-0.2, 0) is 25.8 Å². The Bertz CT molecular complexity index is 315. The second kappa shape index (κ2) is 7.16. The minimum absolute atomic E-state index is 0. The van der Waals surface area contributed by atoms with Gasteiger partial charge in [0.05, 0.1) is 0 Å². The molecule has 0 saturated carbocycles. The van der Waals surface area contributed by atoms with E-state index in [4.69, 9.17) is 0 Å². The van der Waals surface area contributed by atoms with Crippen LogP contribution in [0.25, 0.3) is 0 Å². The van der Waals surface area contributed by atoms with Crippen LogP contribution in [0.5, 0.6) is 0 Å². The zero-order valence-corrected chi connectivity index (χ0v) is 13.6. The third kappa shape index (κ3) is 4.46. The quantitative estimate of drug-likeness (QED) is 0.444. The number of allylic oxidation sites excluding steroid dienone is 8. The van der Waals surface area contributed by atoms with Gasteiger partial charge in [0.1, 0.15) is 0 Å². The molecule has 0 saturated heterocycles. The number of rotatable bonds is 0. The molecule has 2 rings (SSSR count). The van der Waals surface area contributed by atoms with E-state index < -0.39 is 0 Å². The van der Waals surface area contributed by atoms with Gasteiger partial charge in [-0.2, -0.15) is 17.2 Å². The van der Waals surface area contributed by atoms with Crippen molar-refractivity contribution >= 4 is 0 Å². The molecular formula is C14H20Hf. The van der Waals surface area contributed by atoms with Gasteiger partial charge in [0.25, 0.3) is 0 Å². The van der Waals surface area contributed by atoms with Gasteiger partial charge in [-0.25, -0.2) is 17.7 Å². The summed E-state index contributed by atoms with van der Waals surface area (Å²) in [5, 5.41) is 0. The molecule has 0 aromatic heterocycles. The van der Waals surface area contributed by atoms with Crippen LogP contribution in [0.3, 0.4) is 0 Å². The Balaban J connectivity index is -0.000000216. The molecule has 0 spiro atoms. The van der Waals surface area contributed by atoms with Crippen LogP contribution < -0.4 is 0 Å². The number of hydrogen-bond acceptors (Lipinski definition) is 0. The van der Waals surface area contributed by atoms with E-state index in [0.29, 0.717) is 5.92 Å². The van der Waals surface area contributed by atoms with Crippen molar-refractivity contribution in [3.8, 4) is 0 Å². The molecule has 2 aliphatic rings. The smallest absolute Gasteiger partial charge is 1.00 e. The summed E-state index contributed by atoms with van der Waals surface area (Å²) in [4.78, 5) is 0. The Kier molecular flexibility index (Phi) is 7.08. The van der Waals surface area contributed by atoms with Crippen molar-refractivity contribution in [3.63, 3.8) is 0 Å². The van der Waals surface area contributed by atoms with E-state index >= 15 is 0 Å². The van der Waals surface area contributed by atoms with E-state index in [1.807, 2.05) is 12.2 Å². The van der Waals surface area contributed by atoms with Crippen molar-refractivity contribution in [2.75, 3.05) is 0 Å². The van der Waals surface area contributed by atoms with Gasteiger partial charge < -0.3 is 2.85 Å². The maximum absolute atomic E-state index is 3.36. The monoisotopic (exact) mass is 368 g/mol. The second-order valence-corrected chi connectivity index (χ2v) is 3.80. The standard InChI is InChI=1S/C9H13.C5H5.Hf.2H/c1-6-5-7(2)9(4)8(6)3;1-2-4-5-3-1;;;/h6H,1-4H3;1-3H,4H2;;;/q2*-1;+4;2*-1. The minimum atomic E-state index is 0. The first kappa shape index (κ1) is 14.8. The molecule has 15 heavy (non-hydrogen) atoms. The van der Waals surface area contributed by atoms with Gasteiger partial charge in [-0.15, -0.1) is 13.3 Å². The third-order valence-corrected chi connectivity index (χ3v) is 2.82. The van der Waals surface area contributed by atoms with Crippen molar-refractivity contribution in [1.82, 2.24) is 0 Å². The van der Waals surface area contributed by atoms with Crippen molar-refractivity contribution in [3.05, 3.63) is 47.1 Å². The van der Waals surface area contributed by atoms with Crippen LogP contribution in [0.1, 0.15) is 37.0 Å². The van der Waals surface area contributed by atoms with E-state index in [0.717, 1.165) is 6.42 Å². The zero-order chi connectivity index (χ0) is 10.6. The molecule has 0 aromatic rings. The van der Waals surface area contributed by atoms with Gasteiger partial charge in [-0.05, 0) is 0 Å². The Labute approximate surface area is 116 Å². The van der Waals surface area contributed by atoms with Crippen LogP contribution in [0.15, 0.2) is 34.9 Å². The maximum atomic E-state index is 3.36. The molecule has 0 fully saturated rings. The molecule has 0 bridgehead atoms. The molecule has 0 amide bonds. The van der Waals surface area contributed by atoms with Crippen molar-refractivity contribution in [2.45, 2.75) is 34.1 Å². The van der Waals surface area contributed by atoms with Gasteiger partial charge in [-0.3, -0.25) is 12.2 Å². The van der Waals surface area contributed by atoms with Crippen LogP contribution in [0.2, 0.25) is 0 Å². The molecule has 0 aromatic carbocycles. The van der Waals surface area contributed by atoms with E-state index in [-0.39, 0.29) is 28.7 Å². The first-order valence-corrected chi connectivity index (χ1v) is 5.12. The molecule has 1 atom stereocenters. The summed E-state index contributed by atoms with van der Waals surface area (Å²) in [7, 11) is 0. The molecule has 0 heterocycles. The number of hydrogen-bond donors (Lipinski definition) is 0. The summed E-state index contributed by atoms with van der Waals surface area (Å²) < 4.78 is 0. The molecule has 2 aliphatic carbocycles. The fourth-order valence-corrected chi connectivity index (χ4v) is 1.50. The Morgan fingerprint density at radius 2 is 2.00 bits per heavy atom. The summed E-state index contributed by atoms with van der Waals surface area (Å²) in [6, 6.07) is 0. The summed E-state index contributed by atoms with van der Waals surface area (Å²) in [6.45, 7) is 8.67. The normalized spacial score (nSPS) is 22.1. The first-order valence-electron chi connectivity index (χ1n) is 5.12. The molecule has 1 heteroatoms. The predicted octanol–water partition coefficient (Wildman–Crippen LogP) is 4.25. The van der Waals surface area contributed by atoms with Crippen LogP contribution in [0, 0.1) is 18.1 Å². The zero-order valence-electron chi connectivity index (χ0n) is 12.0. The minimum Gasteiger partial charge on any atom is -1.00 e. The molecule has 0 radical (unpaired) electrons. The van der Waals surface area contributed by atoms with Gasteiger partial charge in [0, 0.05) is 0 Å². The van der Waals surface area contributed by atoms with Crippen molar-refractivity contribution in [1.29, 1.82) is 0 Å². The Morgan fingerprint density at radius 1 is 1.33 bits per heavy atom. The molecule has 0 nitrogen and oxygen atoms in total. The average molecular weight is 367 g/mol. The molecule has 80 valence electrons. The molecule has 0 aliphatic heterocycles. The van der Waals surface area contributed by atoms with E-state index in [2.05, 4.69) is 45.9 Å². The van der Waals surface area contributed by atoms with Crippen molar-refractivity contribution in [2.24, 2.45) is 5.92 Å². The van der Waals surface area contributed by atoms with E-state index in [9.17, 15) is 0 Å². The predicted molar refractivity (Wildman–Crippen MR) is 63.8 cm³/mol. The van der Waals surface area contributed by atoms with Gasteiger partial charge in [-0.1, -0.05) is 26.7 Å². The Hall–Kier alpha value is -0.170. The summed E-state index contributed by atoms with van der Waals surface area (Å²) in [5.74, 6) is 0.560. The average Bonchev–Trinajstić information content (AvgIpc) is 2.78. The van der Waals surface area contributed by atoms with Gasteiger partial charge >= 0.3 is 25.8 Å². The van der Waals surface area contributed by atoms with E-state index in [1.165, 1.54) is 16.7 Å².